The highest BCUT2D eigenvalue weighted by atomic mass is 79.9. The van der Waals surface area contributed by atoms with Crippen LogP contribution in [0.15, 0.2) is 42.5 Å². The molecule has 0 bridgehead atoms. The zero-order valence-corrected chi connectivity index (χ0v) is 19.3. The van der Waals surface area contributed by atoms with E-state index >= 15 is 0 Å². The second-order valence-corrected chi connectivity index (χ2v) is 9.94. The minimum absolute atomic E-state index is 0.0539. The molecule has 154 valence electrons. The summed E-state index contributed by atoms with van der Waals surface area (Å²) in [7, 11) is 0. The van der Waals surface area contributed by atoms with Gasteiger partial charge < -0.3 is 4.74 Å². The fourth-order valence-corrected chi connectivity index (χ4v) is 4.20. The number of alkyl halides is 1. The van der Waals surface area contributed by atoms with Gasteiger partial charge in [-0.05, 0) is 52.5 Å². The van der Waals surface area contributed by atoms with Crippen LogP contribution in [0.3, 0.4) is 0 Å². The normalized spacial score (nSPS) is 16.7. The predicted molar refractivity (Wildman–Crippen MR) is 120 cm³/mol. The van der Waals surface area contributed by atoms with Gasteiger partial charge >= 0.3 is 5.97 Å². The van der Waals surface area contributed by atoms with E-state index in [9.17, 15) is 9.59 Å². The number of ketones is 1. The Labute approximate surface area is 182 Å². The third-order valence-electron chi connectivity index (χ3n) is 6.03. The van der Waals surface area contributed by atoms with Gasteiger partial charge in [0.1, 0.15) is 6.61 Å². The van der Waals surface area contributed by atoms with Gasteiger partial charge in [-0.25, -0.2) is 4.79 Å². The Hall–Kier alpha value is -1.94. The van der Waals surface area contributed by atoms with E-state index in [1.54, 1.807) is 24.3 Å². The molecule has 2 aromatic carbocycles. The molecule has 0 spiro atoms. The number of rotatable bonds is 6. The van der Waals surface area contributed by atoms with Crippen molar-refractivity contribution in [3.63, 3.8) is 0 Å². The zero-order valence-electron chi connectivity index (χ0n) is 17.7. The summed E-state index contributed by atoms with van der Waals surface area (Å²) < 4.78 is 5.09. The van der Waals surface area contributed by atoms with Crippen molar-refractivity contribution in [1.29, 1.82) is 0 Å². The van der Waals surface area contributed by atoms with Crippen LogP contribution in [0, 0.1) is 0 Å². The number of Topliss-reactive ketones (excluding diaryl/α,β-unsaturated/α-hetero) is 1. The molecule has 0 N–H and O–H groups in total. The van der Waals surface area contributed by atoms with E-state index in [2.05, 4.69) is 61.8 Å². The fourth-order valence-electron chi connectivity index (χ4n) is 4.04. The van der Waals surface area contributed by atoms with Gasteiger partial charge in [0.05, 0.1) is 5.56 Å². The molecule has 0 fully saturated rings. The topological polar surface area (TPSA) is 43.4 Å². The van der Waals surface area contributed by atoms with Crippen LogP contribution in [0.4, 0.5) is 0 Å². The van der Waals surface area contributed by atoms with Crippen LogP contribution in [0.25, 0.3) is 0 Å². The first kappa shape index (κ1) is 21.8. The Morgan fingerprint density at radius 1 is 0.897 bits per heavy atom. The number of hydrogen-bond donors (Lipinski definition) is 0. The second kappa shape index (κ2) is 8.43. The maximum atomic E-state index is 12.8. The molecule has 3 rings (SSSR count). The third kappa shape index (κ3) is 4.80. The summed E-state index contributed by atoms with van der Waals surface area (Å²) in [4.78, 5) is 24.7. The molecule has 0 radical (unpaired) electrons. The number of ether oxygens (including phenoxy) is 1. The SMILES string of the molecule is CC1(C)CCC(C)(C)c2cc(CC(=O)c3ccc(C(=O)OCCBr)cc3)ccc21. The number of carbonyl (C=O) groups is 2. The van der Waals surface area contributed by atoms with E-state index in [1.165, 1.54) is 17.5 Å². The molecule has 29 heavy (non-hydrogen) atoms. The van der Waals surface area contributed by atoms with Gasteiger partial charge in [-0.3, -0.25) is 4.79 Å². The molecular weight excluding hydrogens is 428 g/mol. The van der Waals surface area contributed by atoms with E-state index in [0.717, 1.165) is 12.0 Å². The zero-order chi connectivity index (χ0) is 21.2. The summed E-state index contributed by atoms with van der Waals surface area (Å²) in [6.45, 7) is 9.51. The minimum atomic E-state index is -0.372. The molecule has 0 amide bonds. The molecule has 1 aliphatic rings. The summed E-state index contributed by atoms with van der Waals surface area (Å²) in [6, 6.07) is 13.2. The fraction of sp³-hybridized carbons (Fsp3) is 0.440. The number of hydrogen-bond acceptors (Lipinski definition) is 3. The van der Waals surface area contributed by atoms with Crippen molar-refractivity contribution in [3.05, 3.63) is 70.3 Å². The van der Waals surface area contributed by atoms with Gasteiger partial charge in [0.25, 0.3) is 0 Å². The summed E-state index contributed by atoms with van der Waals surface area (Å²) in [5, 5.41) is 0.601. The standard InChI is InChI=1S/C25H29BrO3/c1-24(2)11-12-25(3,4)21-15-17(5-10-20(21)24)16-22(27)18-6-8-19(9-7-18)23(28)29-14-13-26/h5-10,15H,11-14,16H2,1-4H3. The van der Waals surface area contributed by atoms with Crippen LogP contribution in [0.2, 0.25) is 0 Å². The lowest BCUT2D eigenvalue weighted by atomic mass is 9.63. The quantitative estimate of drug-likeness (QED) is 0.303. The van der Waals surface area contributed by atoms with Crippen molar-refractivity contribution in [1.82, 2.24) is 0 Å². The van der Waals surface area contributed by atoms with E-state index < -0.39 is 0 Å². The molecule has 0 saturated carbocycles. The summed E-state index contributed by atoms with van der Waals surface area (Å²) in [6.07, 6.45) is 2.68. The lowest BCUT2D eigenvalue weighted by Crippen LogP contribution is -2.33. The monoisotopic (exact) mass is 456 g/mol. The number of fused-ring (bicyclic) bond motifs is 1. The van der Waals surface area contributed by atoms with Crippen LogP contribution >= 0.6 is 15.9 Å². The summed E-state index contributed by atoms with van der Waals surface area (Å²) >= 11 is 3.23. The molecule has 0 atom stereocenters. The van der Waals surface area contributed by atoms with E-state index in [0.29, 0.717) is 29.5 Å². The van der Waals surface area contributed by atoms with Crippen molar-refractivity contribution in [3.8, 4) is 0 Å². The first-order valence-electron chi connectivity index (χ1n) is 10.1. The minimum Gasteiger partial charge on any atom is -0.461 e. The van der Waals surface area contributed by atoms with Crippen LogP contribution < -0.4 is 0 Å². The Kier molecular flexibility index (Phi) is 6.33. The van der Waals surface area contributed by atoms with Crippen molar-refractivity contribution < 1.29 is 14.3 Å². The number of esters is 1. The molecule has 0 heterocycles. The smallest absolute Gasteiger partial charge is 0.338 e. The van der Waals surface area contributed by atoms with E-state index in [-0.39, 0.29) is 22.6 Å². The first-order chi connectivity index (χ1) is 13.6. The molecule has 0 aromatic heterocycles. The Morgan fingerprint density at radius 3 is 2.10 bits per heavy atom. The number of benzene rings is 2. The molecule has 4 heteroatoms. The lowest BCUT2D eigenvalue weighted by molar-refractivity contribution is 0.0531. The Morgan fingerprint density at radius 2 is 1.48 bits per heavy atom. The van der Waals surface area contributed by atoms with Crippen molar-refractivity contribution in [2.45, 2.75) is 57.8 Å². The average molecular weight is 457 g/mol. The summed E-state index contributed by atoms with van der Waals surface area (Å²) in [5.41, 5.74) is 5.17. The highest BCUT2D eigenvalue weighted by Crippen LogP contribution is 2.45. The predicted octanol–water partition coefficient (Wildman–Crippen LogP) is 6.01. The highest BCUT2D eigenvalue weighted by molar-refractivity contribution is 9.09. The number of halogens is 1. The molecule has 2 aromatic rings. The van der Waals surface area contributed by atoms with Crippen LogP contribution in [0.5, 0.6) is 0 Å². The molecule has 0 saturated heterocycles. The van der Waals surface area contributed by atoms with E-state index in [1.807, 2.05) is 0 Å². The van der Waals surface area contributed by atoms with Gasteiger partial charge in [-0.1, -0.05) is 74.0 Å². The molecule has 0 aliphatic heterocycles. The summed E-state index contributed by atoms with van der Waals surface area (Å²) in [5.74, 6) is -0.318. The van der Waals surface area contributed by atoms with Crippen molar-refractivity contribution in [2.75, 3.05) is 11.9 Å². The highest BCUT2D eigenvalue weighted by Gasteiger charge is 2.36. The van der Waals surface area contributed by atoms with Crippen LogP contribution in [-0.2, 0) is 22.0 Å². The molecule has 0 unspecified atom stereocenters. The third-order valence-corrected chi connectivity index (χ3v) is 6.36. The van der Waals surface area contributed by atoms with Gasteiger partial charge in [-0.2, -0.15) is 0 Å². The van der Waals surface area contributed by atoms with Crippen molar-refractivity contribution >= 4 is 27.7 Å². The lowest BCUT2D eigenvalue weighted by Gasteiger charge is -2.42. The first-order valence-corrected chi connectivity index (χ1v) is 11.3. The van der Waals surface area contributed by atoms with Crippen molar-refractivity contribution in [2.24, 2.45) is 0 Å². The maximum Gasteiger partial charge on any atom is 0.338 e. The van der Waals surface area contributed by atoms with Crippen LogP contribution in [0.1, 0.15) is 77.9 Å². The largest absolute Gasteiger partial charge is 0.461 e. The van der Waals surface area contributed by atoms with Gasteiger partial charge in [0.2, 0.25) is 0 Å². The number of carbonyl (C=O) groups excluding carboxylic acids is 2. The van der Waals surface area contributed by atoms with Crippen LogP contribution in [-0.4, -0.2) is 23.7 Å². The Balaban J connectivity index is 1.77. The molecule has 1 aliphatic carbocycles. The van der Waals surface area contributed by atoms with Gasteiger partial charge in [0, 0.05) is 17.3 Å². The maximum absolute atomic E-state index is 12.8. The van der Waals surface area contributed by atoms with E-state index in [4.69, 9.17) is 4.74 Å². The molecule has 3 nitrogen and oxygen atoms in total. The average Bonchev–Trinajstić information content (AvgIpc) is 2.70. The Bertz CT molecular complexity index is 910. The van der Waals surface area contributed by atoms with Gasteiger partial charge in [-0.15, -0.1) is 0 Å². The second-order valence-electron chi connectivity index (χ2n) is 9.15. The van der Waals surface area contributed by atoms with Gasteiger partial charge in [0.15, 0.2) is 5.78 Å². The molecular formula is C25H29BrO3.